The summed E-state index contributed by atoms with van der Waals surface area (Å²) in [7, 11) is -3.80. The maximum atomic E-state index is 12.2. The van der Waals surface area contributed by atoms with Crippen LogP contribution in [0.2, 0.25) is 0 Å². The van der Waals surface area contributed by atoms with Crippen LogP contribution in [0.5, 0.6) is 5.75 Å². The molecule has 0 aliphatic rings. The minimum atomic E-state index is -3.80. The van der Waals surface area contributed by atoms with E-state index in [0.717, 1.165) is 11.1 Å². The standard InChI is InChI=1S/C16H16O3S/c1-3-7-14-12-13(2)10-11-16(14)19-20(17,18)15-8-5-4-6-9-15/h3-12H,1-2H3/b7-3-. The van der Waals surface area contributed by atoms with Crippen molar-refractivity contribution in [3.05, 3.63) is 65.7 Å². The molecule has 4 heteroatoms. The second kappa shape index (κ2) is 5.92. The Kier molecular flexibility index (Phi) is 4.25. The van der Waals surface area contributed by atoms with Crippen molar-refractivity contribution in [1.82, 2.24) is 0 Å². The minimum Gasteiger partial charge on any atom is -0.378 e. The quantitative estimate of drug-likeness (QED) is 0.804. The predicted octanol–water partition coefficient (Wildman–Crippen LogP) is 3.80. The van der Waals surface area contributed by atoms with E-state index in [4.69, 9.17) is 4.18 Å². The summed E-state index contributed by atoms with van der Waals surface area (Å²) in [5.74, 6) is 0.331. The Bertz CT molecular complexity index is 717. The van der Waals surface area contributed by atoms with Gasteiger partial charge in [-0.3, -0.25) is 0 Å². The summed E-state index contributed by atoms with van der Waals surface area (Å²) in [6.07, 6.45) is 3.67. The minimum absolute atomic E-state index is 0.145. The molecule has 0 N–H and O–H groups in total. The van der Waals surface area contributed by atoms with Crippen LogP contribution in [0.3, 0.4) is 0 Å². The molecule has 2 aromatic carbocycles. The zero-order chi connectivity index (χ0) is 14.6. The molecule has 0 aliphatic carbocycles. The molecule has 0 aliphatic heterocycles. The van der Waals surface area contributed by atoms with Crippen LogP contribution >= 0.6 is 0 Å². The molecular weight excluding hydrogens is 272 g/mol. The van der Waals surface area contributed by atoms with Gasteiger partial charge in [0.05, 0.1) is 0 Å². The summed E-state index contributed by atoms with van der Waals surface area (Å²) >= 11 is 0. The van der Waals surface area contributed by atoms with E-state index >= 15 is 0 Å². The monoisotopic (exact) mass is 288 g/mol. The van der Waals surface area contributed by atoms with Crippen molar-refractivity contribution in [1.29, 1.82) is 0 Å². The summed E-state index contributed by atoms with van der Waals surface area (Å²) in [6.45, 7) is 3.82. The molecule has 0 radical (unpaired) electrons. The maximum Gasteiger partial charge on any atom is 0.339 e. The van der Waals surface area contributed by atoms with Gasteiger partial charge in [-0.2, -0.15) is 8.42 Å². The maximum absolute atomic E-state index is 12.2. The lowest BCUT2D eigenvalue weighted by Crippen LogP contribution is -2.10. The summed E-state index contributed by atoms with van der Waals surface area (Å²) in [6, 6.07) is 13.5. The Morgan fingerprint density at radius 1 is 1.05 bits per heavy atom. The average Bonchev–Trinajstić information content (AvgIpc) is 2.43. The molecule has 0 saturated heterocycles. The lowest BCUT2D eigenvalue weighted by atomic mass is 10.1. The number of hydrogen-bond acceptors (Lipinski definition) is 3. The molecule has 0 spiro atoms. The van der Waals surface area contributed by atoms with E-state index in [1.54, 1.807) is 24.3 Å². The Morgan fingerprint density at radius 3 is 2.40 bits per heavy atom. The lowest BCUT2D eigenvalue weighted by molar-refractivity contribution is 0.485. The first kappa shape index (κ1) is 14.3. The molecule has 0 saturated carbocycles. The van der Waals surface area contributed by atoms with E-state index in [1.807, 2.05) is 38.1 Å². The number of rotatable bonds is 4. The largest absolute Gasteiger partial charge is 0.378 e. The van der Waals surface area contributed by atoms with Gasteiger partial charge >= 0.3 is 10.1 Å². The molecule has 0 unspecified atom stereocenters. The first-order chi connectivity index (χ1) is 9.53. The Morgan fingerprint density at radius 2 is 1.75 bits per heavy atom. The summed E-state index contributed by atoms with van der Waals surface area (Å²) < 4.78 is 29.6. The van der Waals surface area contributed by atoms with Crippen LogP contribution in [-0.4, -0.2) is 8.42 Å². The van der Waals surface area contributed by atoms with Crippen LogP contribution < -0.4 is 4.18 Å². The summed E-state index contributed by atoms with van der Waals surface area (Å²) in [4.78, 5) is 0.145. The topological polar surface area (TPSA) is 43.4 Å². The van der Waals surface area contributed by atoms with Crippen LogP contribution in [0.25, 0.3) is 6.08 Å². The molecule has 2 aromatic rings. The molecule has 0 atom stereocenters. The fraction of sp³-hybridized carbons (Fsp3) is 0.125. The van der Waals surface area contributed by atoms with E-state index in [9.17, 15) is 8.42 Å². The number of allylic oxidation sites excluding steroid dienone is 1. The van der Waals surface area contributed by atoms with Gasteiger partial charge in [0.2, 0.25) is 0 Å². The van der Waals surface area contributed by atoms with Crippen molar-refractivity contribution in [2.75, 3.05) is 0 Å². The highest BCUT2D eigenvalue weighted by Gasteiger charge is 2.17. The van der Waals surface area contributed by atoms with Gasteiger partial charge in [-0.1, -0.05) is 42.0 Å². The fourth-order valence-corrected chi connectivity index (χ4v) is 2.78. The van der Waals surface area contributed by atoms with Crippen LogP contribution in [0, 0.1) is 6.92 Å². The van der Waals surface area contributed by atoms with Crippen LogP contribution in [0.15, 0.2) is 59.5 Å². The second-order valence-electron chi connectivity index (χ2n) is 4.39. The molecular formula is C16H16O3S. The van der Waals surface area contributed by atoms with Gasteiger partial charge in [0.15, 0.2) is 0 Å². The van der Waals surface area contributed by atoms with E-state index in [2.05, 4.69) is 0 Å². The molecule has 0 heterocycles. The van der Waals surface area contributed by atoms with Gasteiger partial charge in [-0.15, -0.1) is 0 Å². The molecule has 0 aromatic heterocycles. The molecule has 2 rings (SSSR count). The molecule has 0 bridgehead atoms. The summed E-state index contributed by atoms with van der Waals surface area (Å²) in [5.41, 5.74) is 1.79. The summed E-state index contributed by atoms with van der Waals surface area (Å²) in [5, 5.41) is 0. The van der Waals surface area contributed by atoms with Crippen molar-refractivity contribution in [2.45, 2.75) is 18.7 Å². The number of hydrogen-bond donors (Lipinski definition) is 0. The average molecular weight is 288 g/mol. The van der Waals surface area contributed by atoms with Crippen LogP contribution in [-0.2, 0) is 10.1 Å². The van der Waals surface area contributed by atoms with Crippen LogP contribution in [0.4, 0.5) is 0 Å². The van der Waals surface area contributed by atoms with Gasteiger partial charge in [0.25, 0.3) is 0 Å². The Labute approximate surface area is 119 Å². The molecule has 104 valence electrons. The zero-order valence-electron chi connectivity index (χ0n) is 11.4. The van der Waals surface area contributed by atoms with E-state index < -0.39 is 10.1 Å². The third-order valence-corrected chi connectivity index (χ3v) is 3.99. The van der Waals surface area contributed by atoms with Crippen LogP contribution in [0.1, 0.15) is 18.1 Å². The highest BCUT2D eigenvalue weighted by atomic mass is 32.2. The fourth-order valence-electron chi connectivity index (χ4n) is 1.81. The highest BCUT2D eigenvalue weighted by Crippen LogP contribution is 2.25. The van der Waals surface area contributed by atoms with Crippen molar-refractivity contribution < 1.29 is 12.6 Å². The SMILES string of the molecule is C/C=C\c1cc(C)ccc1OS(=O)(=O)c1ccccc1. The van der Waals surface area contributed by atoms with Gasteiger partial charge < -0.3 is 4.18 Å². The van der Waals surface area contributed by atoms with Crippen molar-refractivity contribution in [2.24, 2.45) is 0 Å². The first-order valence-electron chi connectivity index (χ1n) is 6.26. The van der Waals surface area contributed by atoms with Gasteiger partial charge in [0.1, 0.15) is 10.6 Å². The third kappa shape index (κ3) is 3.27. The van der Waals surface area contributed by atoms with E-state index in [1.165, 1.54) is 12.1 Å². The zero-order valence-corrected chi connectivity index (χ0v) is 12.2. The third-order valence-electron chi connectivity index (χ3n) is 2.74. The second-order valence-corrected chi connectivity index (χ2v) is 5.94. The predicted molar refractivity (Wildman–Crippen MR) is 80.1 cm³/mol. The van der Waals surface area contributed by atoms with Crippen molar-refractivity contribution in [3.63, 3.8) is 0 Å². The van der Waals surface area contributed by atoms with E-state index in [-0.39, 0.29) is 4.90 Å². The van der Waals surface area contributed by atoms with Gasteiger partial charge in [-0.05, 0) is 38.1 Å². The van der Waals surface area contributed by atoms with Gasteiger partial charge in [0, 0.05) is 5.56 Å². The normalized spacial score (nSPS) is 11.7. The first-order valence-corrected chi connectivity index (χ1v) is 7.66. The Hall–Kier alpha value is -2.07. The Balaban J connectivity index is 2.40. The number of aryl methyl sites for hydroxylation is 1. The lowest BCUT2D eigenvalue weighted by Gasteiger charge is -2.10. The molecule has 20 heavy (non-hydrogen) atoms. The molecule has 0 amide bonds. The molecule has 3 nitrogen and oxygen atoms in total. The van der Waals surface area contributed by atoms with E-state index in [0.29, 0.717) is 5.75 Å². The number of benzene rings is 2. The highest BCUT2D eigenvalue weighted by molar-refractivity contribution is 7.87. The van der Waals surface area contributed by atoms with Crippen molar-refractivity contribution >= 4 is 16.2 Å². The van der Waals surface area contributed by atoms with Crippen molar-refractivity contribution in [3.8, 4) is 5.75 Å². The van der Waals surface area contributed by atoms with Gasteiger partial charge in [-0.25, -0.2) is 0 Å². The molecule has 0 fully saturated rings. The smallest absolute Gasteiger partial charge is 0.339 e.